The van der Waals surface area contributed by atoms with Crippen molar-refractivity contribution in [1.29, 1.82) is 0 Å². The number of piperidine rings is 1. The van der Waals surface area contributed by atoms with Crippen LogP contribution in [0.15, 0.2) is 72.9 Å². The van der Waals surface area contributed by atoms with Gasteiger partial charge < -0.3 is 10.1 Å². The van der Waals surface area contributed by atoms with Gasteiger partial charge in [0.2, 0.25) is 5.91 Å². The van der Waals surface area contributed by atoms with Crippen LogP contribution in [0.5, 0.6) is 5.75 Å². The Hall–Kier alpha value is -2.96. The Labute approximate surface area is 198 Å². The molecule has 3 aromatic rings. The third-order valence-electron chi connectivity index (χ3n) is 5.91. The topological polar surface area (TPSA) is 54.5 Å². The number of carbonyl (C=O) groups excluding carboxylic acids is 1. The summed E-state index contributed by atoms with van der Waals surface area (Å²) in [5, 5.41) is 3.74. The largest absolute Gasteiger partial charge is 0.492 e. The zero-order valence-corrected chi connectivity index (χ0v) is 19.0. The first-order valence-corrected chi connectivity index (χ1v) is 11.5. The molecule has 33 heavy (non-hydrogen) atoms. The Morgan fingerprint density at radius 1 is 1.09 bits per heavy atom. The first kappa shape index (κ1) is 23.2. The van der Waals surface area contributed by atoms with Crippen molar-refractivity contribution in [2.24, 2.45) is 5.92 Å². The van der Waals surface area contributed by atoms with Crippen LogP contribution < -0.4 is 10.1 Å². The molecule has 0 radical (unpaired) electrons. The Morgan fingerprint density at radius 3 is 2.48 bits per heavy atom. The Kier molecular flexibility index (Phi) is 7.92. The highest BCUT2D eigenvalue weighted by Gasteiger charge is 2.28. The lowest BCUT2D eigenvalue weighted by Gasteiger charge is -2.32. The number of para-hydroxylation sites is 1. The van der Waals surface area contributed by atoms with Gasteiger partial charge in [-0.25, -0.2) is 4.39 Å². The summed E-state index contributed by atoms with van der Waals surface area (Å²) in [6.45, 7) is 3.14. The molecule has 5 nitrogen and oxygen atoms in total. The summed E-state index contributed by atoms with van der Waals surface area (Å²) in [6.07, 6.45) is 2.73. The van der Waals surface area contributed by atoms with Crippen molar-refractivity contribution in [3.8, 4) is 5.75 Å². The standard InChI is InChI=1S/C26H27ClFN3O2/c27-21-8-6-19(7-9-21)25(24-11-10-22(28)18-29-24)30-26(32)20-12-14-31(15-13-20)16-17-33-23-4-2-1-3-5-23/h1-11,18,20,25H,12-17H2,(H,30,32)/t25-/m0/s1. The van der Waals surface area contributed by atoms with E-state index in [0.29, 0.717) is 17.3 Å². The molecule has 0 aliphatic carbocycles. The molecule has 0 unspecified atom stereocenters. The molecule has 4 rings (SSSR count). The van der Waals surface area contributed by atoms with Gasteiger partial charge in [0.05, 0.1) is 17.9 Å². The summed E-state index contributed by atoms with van der Waals surface area (Å²) in [6, 6.07) is 19.5. The number of carbonyl (C=O) groups is 1. The SMILES string of the molecule is O=C(N[C@@H](c1ccc(Cl)cc1)c1ccc(F)cn1)C1CCN(CCOc2ccccc2)CC1. The molecule has 1 aromatic heterocycles. The van der Waals surface area contributed by atoms with Gasteiger partial charge in [0.25, 0.3) is 0 Å². The van der Waals surface area contributed by atoms with Gasteiger partial charge in [-0.05, 0) is 67.9 Å². The fraction of sp³-hybridized carbons (Fsp3) is 0.308. The number of aromatic nitrogens is 1. The molecule has 2 heterocycles. The molecule has 1 amide bonds. The summed E-state index contributed by atoms with van der Waals surface area (Å²) in [5.74, 6) is 0.366. The van der Waals surface area contributed by atoms with Crippen LogP contribution in [-0.2, 0) is 4.79 Å². The lowest BCUT2D eigenvalue weighted by atomic mass is 9.94. The third kappa shape index (κ3) is 6.53. The minimum Gasteiger partial charge on any atom is -0.492 e. The third-order valence-corrected chi connectivity index (χ3v) is 6.17. The normalized spacial score (nSPS) is 15.7. The number of likely N-dealkylation sites (tertiary alicyclic amines) is 1. The minimum absolute atomic E-state index is 0.0127. The van der Waals surface area contributed by atoms with Crippen molar-refractivity contribution in [3.05, 3.63) is 95.0 Å². The first-order chi connectivity index (χ1) is 16.1. The van der Waals surface area contributed by atoms with E-state index in [0.717, 1.165) is 43.8 Å². The van der Waals surface area contributed by atoms with E-state index in [1.165, 1.54) is 12.3 Å². The van der Waals surface area contributed by atoms with E-state index >= 15 is 0 Å². The molecule has 1 N–H and O–H groups in total. The zero-order chi connectivity index (χ0) is 23.0. The maximum atomic E-state index is 13.4. The van der Waals surface area contributed by atoms with E-state index in [2.05, 4.69) is 15.2 Å². The van der Waals surface area contributed by atoms with Crippen LogP contribution >= 0.6 is 11.6 Å². The minimum atomic E-state index is -0.465. The predicted octanol–water partition coefficient (Wildman–Crippen LogP) is 4.87. The Bertz CT molecular complexity index is 978. The van der Waals surface area contributed by atoms with E-state index in [1.54, 1.807) is 18.2 Å². The summed E-state index contributed by atoms with van der Waals surface area (Å²) in [7, 11) is 0. The number of hydrogen-bond donors (Lipinski definition) is 1. The molecule has 0 bridgehead atoms. The second-order valence-electron chi connectivity index (χ2n) is 8.17. The van der Waals surface area contributed by atoms with Gasteiger partial charge >= 0.3 is 0 Å². The number of rotatable bonds is 8. The summed E-state index contributed by atoms with van der Waals surface area (Å²) in [4.78, 5) is 19.6. The second-order valence-corrected chi connectivity index (χ2v) is 8.61. The fourth-order valence-electron chi connectivity index (χ4n) is 4.03. The molecule has 172 valence electrons. The maximum absolute atomic E-state index is 13.4. The van der Waals surface area contributed by atoms with Gasteiger partial charge in [-0.3, -0.25) is 14.7 Å². The summed E-state index contributed by atoms with van der Waals surface area (Å²) < 4.78 is 19.2. The van der Waals surface area contributed by atoms with Gasteiger partial charge in [-0.15, -0.1) is 0 Å². The zero-order valence-electron chi connectivity index (χ0n) is 18.3. The number of amides is 1. The quantitative estimate of drug-likeness (QED) is 0.513. The number of pyridine rings is 1. The van der Waals surface area contributed by atoms with Crippen molar-refractivity contribution in [2.45, 2.75) is 18.9 Å². The molecule has 1 saturated heterocycles. The molecule has 1 aliphatic heterocycles. The molecule has 0 spiro atoms. The highest BCUT2D eigenvalue weighted by molar-refractivity contribution is 6.30. The number of nitrogens with one attached hydrogen (secondary N) is 1. The monoisotopic (exact) mass is 467 g/mol. The van der Waals surface area contributed by atoms with E-state index in [9.17, 15) is 9.18 Å². The molecule has 7 heteroatoms. The van der Waals surface area contributed by atoms with Crippen molar-refractivity contribution in [3.63, 3.8) is 0 Å². The first-order valence-electron chi connectivity index (χ1n) is 11.2. The van der Waals surface area contributed by atoms with E-state index in [-0.39, 0.29) is 11.8 Å². The van der Waals surface area contributed by atoms with Crippen LogP contribution in [0.25, 0.3) is 0 Å². The molecular formula is C26H27ClFN3O2. The molecule has 1 atom stereocenters. The van der Waals surface area contributed by atoms with Crippen LogP contribution in [0.3, 0.4) is 0 Å². The molecular weight excluding hydrogens is 441 g/mol. The molecule has 1 fully saturated rings. The highest BCUT2D eigenvalue weighted by Crippen LogP contribution is 2.25. The summed E-state index contributed by atoms with van der Waals surface area (Å²) in [5.41, 5.74) is 1.44. The van der Waals surface area contributed by atoms with Crippen LogP contribution in [0.2, 0.25) is 5.02 Å². The lowest BCUT2D eigenvalue weighted by Crippen LogP contribution is -2.43. The van der Waals surface area contributed by atoms with Crippen molar-refractivity contribution in [1.82, 2.24) is 15.2 Å². The van der Waals surface area contributed by atoms with Gasteiger partial charge in [0.15, 0.2) is 0 Å². The maximum Gasteiger partial charge on any atom is 0.224 e. The van der Waals surface area contributed by atoms with Crippen LogP contribution in [-0.4, -0.2) is 42.0 Å². The Balaban J connectivity index is 1.32. The summed E-state index contributed by atoms with van der Waals surface area (Å²) >= 11 is 6.03. The molecule has 0 saturated carbocycles. The van der Waals surface area contributed by atoms with Crippen molar-refractivity contribution >= 4 is 17.5 Å². The predicted molar refractivity (Wildman–Crippen MR) is 127 cm³/mol. The average Bonchev–Trinajstić information content (AvgIpc) is 2.85. The number of halogens is 2. The number of benzene rings is 2. The van der Waals surface area contributed by atoms with Gasteiger partial charge in [-0.1, -0.05) is 41.9 Å². The van der Waals surface area contributed by atoms with Crippen LogP contribution in [0, 0.1) is 11.7 Å². The van der Waals surface area contributed by atoms with Crippen LogP contribution in [0.4, 0.5) is 4.39 Å². The van der Waals surface area contributed by atoms with Gasteiger partial charge in [0.1, 0.15) is 18.2 Å². The highest BCUT2D eigenvalue weighted by atomic mass is 35.5. The molecule has 2 aromatic carbocycles. The van der Waals surface area contributed by atoms with E-state index < -0.39 is 11.9 Å². The van der Waals surface area contributed by atoms with Crippen molar-refractivity contribution in [2.75, 3.05) is 26.2 Å². The van der Waals surface area contributed by atoms with Crippen molar-refractivity contribution < 1.29 is 13.9 Å². The van der Waals surface area contributed by atoms with Gasteiger partial charge in [-0.2, -0.15) is 0 Å². The van der Waals surface area contributed by atoms with Crippen LogP contribution in [0.1, 0.15) is 30.1 Å². The number of nitrogens with zero attached hydrogens (tertiary/aromatic N) is 2. The lowest BCUT2D eigenvalue weighted by molar-refractivity contribution is -0.127. The fourth-order valence-corrected chi connectivity index (χ4v) is 4.16. The average molecular weight is 468 g/mol. The Morgan fingerprint density at radius 2 is 1.82 bits per heavy atom. The smallest absolute Gasteiger partial charge is 0.224 e. The van der Waals surface area contributed by atoms with E-state index in [4.69, 9.17) is 16.3 Å². The van der Waals surface area contributed by atoms with E-state index in [1.807, 2.05) is 42.5 Å². The number of ether oxygens (including phenoxy) is 1. The number of hydrogen-bond acceptors (Lipinski definition) is 4. The molecule has 1 aliphatic rings. The second kappa shape index (κ2) is 11.3. The van der Waals surface area contributed by atoms with Gasteiger partial charge in [0, 0.05) is 17.5 Å².